The summed E-state index contributed by atoms with van der Waals surface area (Å²) in [6.07, 6.45) is 0.517. The third-order valence-electron chi connectivity index (χ3n) is 2.18. The number of carbonyl (C=O) groups excluding carboxylic acids is 1. The van der Waals surface area contributed by atoms with Crippen molar-refractivity contribution in [1.29, 1.82) is 0 Å². The number of anilines is 2. The Morgan fingerprint density at radius 2 is 1.94 bits per heavy atom. The van der Waals surface area contributed by atoms with Gasteiger partial charge in [-0.15, -0.1) is 0 Å². The number of amides is 1. The van der Waals surface area contributed by atoms with Gasteiger partial charge in [0.15, 0.2) is 0 Å². The minimum Gasteiger partial charge on any atom is -0.399 e. The average molecular weight is 223 g/mol. The van der Waals surface area contributed by atoms with Gasteiger partial charge in [0, 0.05) is 29.6 Å². The van der Waals surface area contributed by atoms with Crippen LogP contribution in [0.25, 0.3) is 0 Å². The van der Waals surface area contributed by atoms with E-state index < -0.39 is 0 Å². The summed E-state index contributed by atoms with van der Waals surface area (Å²) in [7, 11) is 0. The summed E-state index contributed by atoms with van der Waals surface area (Å²) in [6.45, 7) is 1.87. The summed E-state index contributed by atoms with van der Waals surface area (Å²) in [5.41, 5.74) is 12.5. The van der Waals surface area contributed by atoms with Gasteiger partial charge in [0.25, 0.3) is 5.91 Å². The first-order valence-electron chi connectivity index (χ1n) is 5.10. The Kier molecular flexibility index (Phi) is 4.13. The van der Waals surface area contributed by atoms with Gasteiger partial charge < -0.3 is 21.9 Å². The summed E-state index contributed by atoms with van der Waals surface area (Å²) in [5.74, 6) is -0.236. The van der Waals surface area contributed by atoms with Gasteiger partial charge in [0.05, 0.1) is 0 Å². The van der Waals surface area contributed by atoms with Crippen molar-refractivity contribution in [2.45, 2.75) is 19.4 Å². The maximum absolute atomic E-state index is 11.7. The molecule has 0 heterocycles. The van der Waals surface area contributed by atoms with E-state index in [1.165, 1.54) is 0 Å². The minimum atomic E-state index is -0.236. The number of nitrogens with two attached hydrogens (primary N) is 2. The Balaban J connectivity index is 2.72. The van der Waals surface area contributed by atoms with Crippen molar-refractivity contribution in [2.24, 2.45) is 0 Å². The molecule has 16 heavy (non-hydrogen) atoms. The Bertz CT molecular complexity index is 359. The number of nitrogen functional groups attached to an aromatic ring is 2. The molecule has 0 saturated carbocycles. The third-order valence-corrected chi connectivity index (χ3v) is 2.18. The number of rotatable bonds is 4. The lowest BCUT2D eigenvalue weighted by Crippen LogP contribution is -2.33. The van der Waals surface area contributed by atoms with Gasteiger partial charge in [-0.05, 0) is 31.5 Å². The highest BCUT2D eigenvalue weighted by atomic mass is 16.3. The Labute approximate surface area is 94.4 Å². The molecule has 6 N–H and O–H groups in total. The van der Waals surface area contributed by atoms with Crippen LogP contribution in [-0.4, -0.2) is 23.7 Å². The van der Waals surface area contributed by atoms with Crippen molar-refractivity contribution >= 4 is 17.3 Å². The van der Waals surface area contributed by atoms with Crippen molar-refractivity contribution in [2.75, 3.05) is 18.1 Å². The zero-order chi connectivity index (χ0) is 12.1. The second-order valence-corrected chi connectivity index (χ2v) is 3.78. The highest BCUT2D eigenvalue weighted by Crippen LogP contribution is 2.13. The molecule has 5 nitrogen and oxygen atoms in total. The highest BCUT2D eigenvalue weighted by Gasteiger charge is 2.10. The van der Waals surface area contributed by atoms with Crippen molar-refractivity contribution in [3.05, 3.63) is 23.8 Å². The van der Waals surface area contributed by atoms with Gasteiger partial charge >= 0.3 is 0 Å². The van der Waals surface area contributed by atoms with Crippen LogP contribution in [0.1, 0.15) is 23.7 Å². The van der Waals surface area contributed by atoms with Crippen LogP contribution in [0.3, 0.4) is 0 Å². The van der Waals surface area contributed by atoms with Gasteiger partial charge in [-0.3, -0.25) is 4.79 Å². The van der Waals surface area contributed by atoms with Crippen LogP contribution in [-0.2, 0) is 0 Å². The number of carbonyl (C=O) groups is 1. The fourth-order valence-electron chi connectivity index (χ4n) is 1.38. The Hall–Kier alpha value is -1.75. The van der Waals surface area contributed by atoms with Crippen molar-refractivity contribution in [3.63, 3.8) is 0 Å². The topological polar surface area (TPSA) is 101 Å². The maximum atomic E-state index is 11.7. The predicted octanol–water partition coefficient (Wildman–Crippen LogP) is 0.352. The maximum Gasteiger partial charge on any atom is 0.251 e. The van der Waals surface area contributed by atoms with Crippen molar-refractivity contribution in [3.8, 4) is 0 Å². The molecule has 0 bridgehead atoms. The monoisotopic (exact) mass is 223 g/mol. The van der Waals surface area contributed by atoms with Crippen LogP contribution in [0, 0.1) is 0 Å². The van der Waals surface area contributed by atoms with Crippen LogP contribution in [0.5, 0.6) is 0 Å². The normalized spacial score (nSPS) is 12.1. The van der Waals surface area contributed by atoms with Gasteiger partial charge in [-0.1, -0.05) is 0 Å². The molecule has 0 aliphatic heterocycles. The van der Waals surface area contributed by atoms with Gasteiger partial charge in [-0.2, -0.15) is 0 Å². The second kappa shape index (κ2) is 5.37. The van der Waals surface area contributed by atoms with Crippen molar-refractivity contribution < 1.29 is 9.90 Å². The summed E-state index contributed by atoms with van der Waals surface area (Å²) in [6, 6.07) is 4.64. The Morgan fingerprint density at radius 3 is 2.44 bits per heavy atom. The molecule has 1 aromatic rings. The summed E-state index contributed by atoms with van der Waals surface area (Å²) in [4.78, 5) is 11.7. The molecule has 1 atom stereocenters. The molecule has 0 aliphatic rings. The number of nitrogens with one attached hydrogen (secondary N) is 1. The lowest BCUT2D eigenvalue weighted by molar-refractivity contribution is 0.0934. The molecular weight excluding hydrogens is 206 g/mol. The number of aliphatic hydroxyl groups excluding tert-OH is 1. The molecule has 1 aromatic carbocycles. The molecule has 1 unspecified atom stereocenters. The number of hydrogen-bond acceptors (Lipinski definition) is 4. The molecule has 88 valence electrons. The van der Waals surface area contributed by atoms with E-state index in [0.717, 1.165) is 0 Å². The van der Waals surface area contributed by atoms with Crippen LogP contribution < -0.4 is 16.8 Å². The smallest absolute Gasteiger partial charge is 0.251 e. The van der Waals surface area contributed by atoms with E-state index in [2.05, 4.69) is 5.32 Å². The highest BCUT2D eigenvalue weighted by molar-refractivity contribution is 5.96. The second-order valence-electron chi connectivity index (χ2n) is 3.78. The molecule has 5 heteroatoms. The van der Waals surface area contributed by atoms with Crippen molar-refractivity contribution in [1.82, 2.24) is 5.32 Å². The van der Waals surface area contributed by atoms with Gasteiger partial charge in [0.2, 0.25) is 0 Å². The predicted molar refractivity (Wildman–Crippen MR) is 63.9 cm³/mol. The number of benzene rings is 1. The molecule has 0 spiro atoms. The average Bonchev–Trinajstić information content (AvgIpc) is 2.16. The molecular formula is C11H17N3O2. The van der Waals surface area contributed by atoms with E-state index in [-0.39, 0.29) is 18.6 Å². The molecule has 0 fully saturated rings. The molecule has 0 saturated heterocycles. The fraction of sp³-hybridized carbons (Fsp3) is 0.364. The van der Waals surface area contributed by atoms with Crippen LogP contribution >= 0.6 is 0 Å². The Morgan fingerprint density at radius 1 is 1.38 bits per heavy atom. The van der Waals surface area contributed by atoms with E-state index in [1.807, 2.05) is 6.92 Å². The lowest BCUT2D eigenvalue weighted by atomic mass is 10.1. The first kappa shape index (κ1) is 12.3. The summed E-state index contributed by atoms with van der Waals surface area (Å²) in [5, 5.41) is 11.5. The zero-order valence-electron chi connectivity index (χ0n) is 9.23. The van der Waals surface area contributed by atoms with Crippen LogP contribution in [0.2, 0.25) is 0 Å². The van der Waals surface area contributed by atoms with E-state index >= 15 is 0 Å². The number of hydrogen-bond donors (Lipinski definition) is 4. The SMILES string of the molecule is CC(CCO)NC(=O)c1cc(N)cc(N)c1. The minimum absolute atomic E-state index is 0.0422. The van der Waals surface area contributed by atoms with E-state index in [4.69, 9.17) is 16.6 Å². The molecule has 0 radical (unpaired) electrons. The first-order valence-corrected chi connectivity index (χ1v) is 5.10. The standard InChI is InChI=1S/C11H17N3O2/c1-7(2-3-15)14-11(16)8-4-9(12)6-10(13)5-8/h4-7,15H,2-3,12-13H2,1H3,(H,14,16). The zero-order valence-corrected chi connectivity index (χ0v) is 9.23. The van der Waals surface area contributed by atoms with E-state index in [1.54, 1.807) is 18.2 Å². The van der Waals surface area contributed by atoms with E-state index in [0.29, 0.717) is 23.4 Å². The van der Waals surface area contributed by atoms with Crippen LogP contribution in [0.4, 0.5) is 11.4 Å². The quantitative estimate of drug-likeness (QED) is 0.553. The summed E-state index contributed by atoms with van der Waals surface area (Å²) < 4.78 is 0. The molecule has 0 aliphatic carbocycles. The number of aliphatic hydroxyl groups is 1. The molecule has 1 rings (SSSR count). The lowest BCUT2D eigenvalue weighted by Gasteiger charge is -2.12. The molecule has 1 amide bonds. The third kappa shape index (κ3) is 3.43. The fourth-order valence-corrected chi connectivity index (χ4v) is 1.38. The van der Waals surface area contributed by atoms with Gasteiger partial charge in [-0.25, -0.2) is 0 Å². The molecule has 0 aromatic heterocycles. The van der Waals surface area contributed by atoms with Gasteiger partial charge in [0.1, 0.15) is 0 Å². The van der Waals surface area contributed by atoms with Crippen LogP contribution in [0.15, 0.2) is 18.2 Å². The summed E-state index contributed by atoms with van der Waals surface area (Å²) >= 11 is 0. The van der Waals surface area contributed by atoms with E-state index in [9.17, 15) is 4.79 Å². The first-order chi connectivity index (χ1) is 7.52. The largest absolute Gasteiger partial charge is 0.399 e.